The Kier molecular flexibility index (Phi) is 8.47. The van der Waals surface area contributed by atoms with E-state index in [9.17, 15) is 19.5 Å². The molecule has 2 aromatic carbocycles. The van der Waals surface area contributed by atoms with Crippen molar-refractivity contribution in [1.29, 1.82) is 0 Å². The van der Waals surface area contributed by atoms with E-state index in [0.717, 1.165) is 24.8 Å². The van der Waals surface area contributed by atoms with Crippen LogP contribution in [0.5, 0.6) is 0 Å². The average molecular weight is 582 g/mol. The molecule has 3 aliphatic rings. The number of hydrogen-bond donors (Lipinski definition) is 1. The highest BCUT2D eigenvalue weighted by atomic mass is 31.2. The van der Waals surface area contributed by atoms with Gasteiger partial charge in [-0.15, -0.1) is 0 Å². The van der Waals surface area contributed by atoms with Crippen molar-refractivity contribution in [2.75, 3.05) is 33.4 Å². The maximum Gasteiger partial charge on any atom is 0.360 e. The van der Waals surface area contributed by atoms with Gasteiger partial charge in [-0.2, -0.15) is 0 Å². The first-order valence-corrected chi connectivity index (χ1v) is 15.4. The third-order valence-electron chi connectivity index (χ3n) is 8.15. The predicted octanol–water partition coefficient (Wildman–Crippen LogP) is 5.87. The maximum atomic E-state index is 14.3. The zero-order chi connectivity index (χ0) is 29.2. The SMILES string of the molecule is CC1=C(C(=O)OCCN(C)Cc2ccccc2)C(c2cccc([N+](=O)[O-])c2)C(P2(=O)OCC3(CCC3)CO2)=C(C)N1. The Morgan fingerprint density at radius 2 is 1.83 bits per heavy atom. The van der Waals surface area contributed by atoms with Crippen molar-refractivity contribution in [3.05, 3.63) is 98.1 Å². The largest absolute Gasteiger partial charge is 0.461 e. The van der Waals surface area contributed by atoms with Gasteiger partial charge in [0, 0.05) is 42.0 Å². The molecule has 2 heterocycles. The van der Waals surface area contributed by atoms with Gasteiger partial charge in [-0.3, -0.25) is 19.6 Å². The number of hydrogen-bond acceptors (Lipinski definition) is 9. The fourth-order valence-electron chi connectivity index (χ4n) is 5.73. The molecule has 2 aromatic rings. The van der Waals surface area contributed by atoms with Crippen LogP contribution in [0.2, 0.25) is 0 Å². The lowest BCUT2D eigenvalue weighted by Gasteiger charge is -2.47. The minimum absolute atomic E-state index is 0.120. The van der Waals surface area contributed by atoms with Crippen LogP contribution in [-0.4, -0.2) is 49.2 Å². The number of carbonyl (C=O) groups excluding carboxylic acids is 1. The smallest absolute Gasteiger partial charge is 0.360 e. The van der Waals surface area contributed by atoms with Crippen LogP contribution in [0.15, 0.2) is 76.9 Å². The molecule has 11 heteroatoms. The first-order chi connectivity index (χ1) is 19.6. The molecule has 41 heavy (non-hydrogen) atoms. The fraction of sp³-hybridized carbons (Fsp3) is 0.433. The number of rotatable bonds is 9. The minimum atomic E-state index is -3.85. The lowest BCUT2D eigenvalue weighted by atomic mass is 9.70. The number of non-ortho nitro benzene ring substituents is 1. The van der Waals surface area contributed by atoms with Crippen LogP contribution in [0.3, 0.4) is 0 Å². The third-order valence-corrected chi connectivity index (χ3v) is 10.3. The fourth-order valence-corrected chi connectivity index (χ4v) is 8.03. The zero-order valence-electron chi connectivity index (χ0n) is 23.6. The van der Waals surface area contributed by atoms with Crippen LogP contribution in [0, 0.1) is 15.5 Å². The number of ether oxygens (including phenoxy) is 1. The molecule has 1 saturated heterocycles. The van der Waals surface area contributed by atoms with Gasteiger partial charge in [-0.25, -0.2) is 4.79 Å². The first-order valence-electron chi connectivity index (χ1n) is 13.8. The van der Waals surface area contributed by atoms with E-state index < -0.39 is 24.4 Å². The summed E-state index contributed by atoms with van der Waals surface area (Å²) < 4.78 is 32.1. The van der Waals surface area contributed by atoms with E-state index in [0.29, 0.717) is 43.3 Å². The van der Waals surface area contributed by atoms with Crippen LogP contribution in [0.4, 0.5) is 5.69 Å². The molecule has 218 valence electrons. The lowest BCUT2D eigenvalue weighted by Crippen LogP contribution is -2.42. The zero-order valence-corrected chi connectivity index (χ0v) is 24.5. The molecular weight excluding hydrogens is 545 g/mol. The second-order valence-electron chi connectivity index (χ2n) is 11.2. The summed E-state index contributed by atoms with van der Waals surface area (Å²) in [5, 5.41) is 15.1. The number of esters is 1. The number of benzene rings is 2. The van der Waals surface area contributed by atoms with Crippen LogP contribution in [-0.2, 0) is 29.7 Å². The molecular formula is C30H36N3O7P. The number of nitrogens with one attached hydrogen (secondary N) is 1. The monoisotopic (exact) mass is 581 g/mol. The molecule has 0 amide bonds. The number of dihydropyridines is 1. The van der Waals surface area contributed by atoms with E-state index in [-0.39, 0.29) is 28.6 Å². The van der Waals surface area contributed by atoms with Crippen molar-refractivity contribution in [3.8, 4) is 0 Å². The Morgan fingerprint density at radius 1 is 1.12 bits per heavy atom. The molecule has 0 aromatic heterocycles. The summed E-state index contributed by atoms with van der Waals surface area (Å²) in [4.78, 5) is 26.9. The van der Waals surface area contributed by atoms with Crippen LogP contribution in [0.25, 0.3) is 0 Å². The Balaban J connectivity index is 1.41. The van der Waals surface area contributed by atoms with E-state index in [1.54, 1.807) is 26.0 Å². The number of allylic oxidation sites excluding steroid dienone is 3. The Bertz CT molecular complexity index is 1420. The quantitative estimate of drug-likeness (QED) is 0.168. The van der Waals surface area contributed by atoms with Gasteiger partial charge in [0.15, 0.2) is 0 Å². The van der Waals surface area contributed by atoms with Crippen LogP contribution in [0.1, 0.15) is 50.2 Å². The van der Waals surface area contributed by atoms with Gasteiger partial charge in [0.1, 0.15) is 6.61 Å². The van der Waals surface area contributed by atoms with Gasteiger partial charge in [0.05, 0.1) is 34.9 Å². The molecule has 0 radical (unpaired) electrons. The molecule has 1 unspecified atom stereocenters. The van der Waals surface area contributed by atoms with Gasteiger partial charge in [0.25, 0.3) is 5.69 Å². The summed E-state index contributed by atoms with van der Waals surface area (Å²) in [7, 11) is -1.91. The Labute approximate surface area is 240 Å². The topological polar surface area (TPSA) is 120 Å². The summed E-state index contributed by atoms with van der Waals surface area (Å²) in [6, 6.07) is 16.0. The first kappa shape index (κ1) is 29.2. The number of likely N-dealkylation sites (N-methyl/N-ethyl adjacent to an activating group) is 1. The van der Waals surface area contributed by atoms with Crippen LogP contribution >= 0.6 is 7.60 Å². The van der Waals surface area contributed by atoms with Crippen molar-refractivity contribution in [1.82, 2.24) is 10.2 Å². The summed E-state index contributed by atoms with van der Waals surface area (Å²) in [5.74, 6) is -1.50. The maximum absolute atomic E-state index is 14.3. The summed E-state index contributed by atoms with van der Waals surface area (Å²) in [6.45, 7) is 5.43. The third kappa shape index (κ3) is 6.16. The van der Waals surface area contributed by atoms with Crippen molar-refractivity contribution >= 4 is 19.3 Å². The summed E-state index contributed by atoms with van der Waals surface area (Å²) >= 11 is 0. The lowest BCUT2D eigenvalue weighted by molar-refractivity contribution is -0.384. The average Bonchev–Trinajstić information content (AvgIpc) is 2.92. The van der Waals surface area contributed by atoms with Gasteiger partial charge in [-0.1, -0.05) is 48.9 Å². The van der Waals surface area contributed by atoms with E-state index in [2.05, 4.69) is 10.2 Å². The normalized spacial score (nSPS) is 21.4. The molecule has 1 atom stereocenters. The highest BCUT2D eigenvalue weighted by molar-refractivity contribution is 7.58. The van der Waals surface area contributed by atoms with Gasteiger partial charge in [0.2, 0.25) is 0 Å². The van der Waals surface area contributed by atoms with Gasteiger partial charge < -0.3 is 19.1 Å². The van der Waals surface area contributed by atoms with Gasteiger partial charge in [-0.05, 0) is 44.9 Å². The molecule has 1 spiro atoms. The van der Waals surface area contributed by atoms with Gasteiger partial charge >= 0.3 is 13.6 Å². The van der Waals surface area contributed by atoms with E-state index in [4.69, 9.17) is 13.8 Å². The number of carbonyl (C=O) groups is 1. The second-order valence-corrected chi connectivity index (χ2v) is 13.2. The molecule has 2 aliphatic heterocycles. The predicted molar refractivity (Wildman–Crippen MR) is 154 cm³/mol. The highest BCUT2D eigenvalue weighted by Crippen LogP contribution is 2.68. The molecule has 2 fully saturated rings. The number of nitro benzene ring substituents is 1. The molecule has 10 nitrogen and oxygen atoms in total. The molecule has 1 saturated carbocycles. The number of nitrogens with zero attached hydrogens (tertiary/aromatic N) is 2. The molecule has 0 bridgehead atoms. The van der Waals surface area contributed by atoms with Crippen molar-refractivity contribution < 1.29 is 28.1 Å². The second kappa shape index (κ2) is 11.9. The van der Waals surface area contributed by atoms with E-state index in [1.807, 2.05) is 37.4 Å². The van der Waals surface area contributed by atoms with E-state index >= 15 is 0 Å². The molecule has 1 aliphatic carbocycles. The summed E-state index contributed by atoms with van der Waals surface area (Å²) in [6.07, 6.45) is 2.98. The Hall–Kier alpha value is -3.30. The van der Waals surface area contributed by atoms with E-state index in [1.165, 1.54) is 12.1 Å². The Morgan fingerprint density at radius 3 is 2.46 bits per heavy atom. The molecule has 1 N–H and O–H groups in total. The number of nitro groups is 1. The van der Waals surface area contributed by atoms with Crippen LogP contribution < -0.4 is 5.32 Å². The van der Waals surface area contributed by atoms with Crippen molar-refractivity contribution in [2.24, 2.45) is 5.41 Å². The standard InChI is InChI=1S/C30H36N3O7P/c1-21-26(29(34)38-16-15-32(3)18-23-9-5-4-6-10-23)27(24-11-7-12-25(17-24)33(35)36)28(22(2)31-21)41(37)39-19-30(20-40-41)13-8-14-30/h4-7,9-12,17,27,31H,8,13-16,18-20H2,1-3H3. The van der Waals surface area contributed by atoms with Crippen molar-refractivity contribution in [3.63, 3.8) is 0 Å². The summed E-state index contributed by atoms with van der Waals surface area (Å²) in [5.41, 5.74) is 2.61. The van der Waals surface area contributed by atoms with Crippen molar-refractivity contribution in [2.45, 2.75) is 45.6 Å². The minimum Gasteiger partial charge on any atom is -0.461 e. The molecule has 5 rings (SSSR count). The highest BCUT2D eigenvalue weighted by Gasteiger charge is 2.51.